The van der Waals surface area contributed by atoms with E-state index in [2.05, 4.69) is 47.4 Å². The van der Waals surface area contributed by atoms with Gasteiger partial charge in [-0.2, -0.15) is 0 Å². The topological polar surface area (TPSA) is 63.8 Å². The molecule has 4 nitrogen and oxygen atoms in total. The van der Waals surface area contributed by atoms with Crippen LogP contribution in [-0.2, 0) is 0 Å². The highest BCUT2D eigenvalue weighted by atomic mass is 15.2. The maximum Gasteiger partial charge on any atom is 0.115 e. The first kappa shape index (κ1) is 11.7. The number of nitrogens with zero attached hydrogens (tertiary/aromatic N) is 2. The molecule has 1 aromatic heterocycles. The second kappa shape index (κ2) is 5.03. The van der Waals surface area contributed by atoms with Crippen molar-refractivity contribution in [2.24, 2.45) is 5.84 Å². The highest BCUT2D eigenvalue weighted by Gasteiger charge is 2.15. The lowest BCUT2D eigenvalue weighted by atomic mass is 9.95. The Morgan fingerprint density at radius 3 is 2.53 bits per heavy atom. The Bertz CT molecular complexity index is 496. The van der Waals surface area contributed by atoms with Crippen LogP contribution in [0, 0.1) is 13.8 Å². The molecule has 0 aliphatic carbocycles. The van der Waals surface area contributed by atoms with Gasteiger partial charge < -0.3 is 0 Å². The van der Waals surface area contributed by atoms with Gasteiger partial charge in [0.05, 0.1) is 6.04 Å². The SMILES string of the molecule is Cc1ccc(C)c(C(NN)c2cncnc2)c1. The summed E-state index contributed by atoms with van der Waals surface area (Å²) in [6.45, 7) is 4.14. The summed E-state index contributed by atoms with van der Waals surface area (Å²) in [7, 11) is 0. The Kier molecular flexibility index (Phi) is 3.46. The fraction of sp³-hybridized carbons (Fsp3) is 0.231. The van der Waals surface area contributed by atoms with E-state index in [1.165, 1.54) is 17.5 Å². The monoisotopic (exact) mass is 228 g/mol. The molecule has 1 heterocycles. The molecule has 4 heteroatoms. The van der Waals surface area contributed by atoms with Gasteiger partial charge in [-0.25, -0.2) is 15.4 Å². The van der Waals surface area contributed by atoms with Gasteiger partial charge in [0.1, 0.15) is 6.33 Å². The predicted molar refractivity (Wildman–Crippen MR) is 67.1 cm³/mol. The van der Waals surface area contributed by atoms with Crippen LogP contribution in [0.15, 0.2) is 36.9 Å². The lowest BCUT2D eigenvalue weighted by Crippen LogP contribution is -2.29. The van der Waals surface area contributed by atoms with Crippen LogP contribution in [0.4, 0.5) is 0 Å². The predicted octanol–water partition coefficient (Wildman–Crippen LogP) is 1.65. The zero-order valence-electron chi connectivity index (χ0n) is 10.0. The summed E-state index contributed by atoms with van der Waals surface area (Å²) in [6.07, 6.45) is 5.07. The molecule has 0 fully saturated rings. The van der Waals surface area contributed by atoms with E-state index in [9.17, 15) is 0 Å². The number of hydrogen-bond donors (Lipinski definition) is 2. The first-order valence-corrected chi connectivity index (χ1v) is 5.50. The molecular formula is C13H16N4. The Balaban J connectivity index is 2.46. The van der Waals surface area contributed by atoms with E-state index in [0.717, 1.165) is 11.1 Å². The van der Waals surface area contributed by atoms with Crippen LogP contribution in [0.3, 0.4) is 0 Å². The highest BCUT2D eigenvalue weighted by molar-refractivity contribution is 5.37. The molecule has 1 atom stereocenters. The molecule has 0 radical (unpaired) electrons. The Morgan fingerprint density at radius 2 is 1.88 bits per heavy atom. The van der Waals surface area contributed by atoms with Crippen LogP contribution >= 0.6 is 0 Å². The second-order valence-corrected chi connectivity index (χ2v) is 4.13. The van der Waals surface area contributed by atoms with Gasteiger partial charge in [-0.1, -0.05) is 23.8 Å². The van der Waals surface area contributed by atoms with E-state index in [-0.39, 0.29) is 6.04 Å². The molecule has 0 spiro atoms. The van der Waals surface area contributed by atoms with Gasteiger partial charge in [0.2, 0.25) is 0 Å². The van der Waals surface area contributed by atoms with Crippen LogP contribution in [0.25, 0.3) is 0 Å². The molecule has 88 valence electrons. The Hall–Kier alpha value is -1.78. The van der Waals surface area contributed by atoms with E-state index in [0.29, 0.717) is 0 Å². The number of nitrogens with two attached hydrogens (primary N) is 1. The van der Waals surface area contributed by atoms with Crippen molar-refractivity contribution in [2.75, 3.05) is 0 Å². The van der Waals surface area contributed by atoms with Crippen molar-refractivity contribution in [3.05, 3.63) is 59.2 Å². The first-order chi connectivity index (χ1) is 8.22. The molecule has 2 rings (SSSR count). The van der Waals surface area contributed by atoms with Gasteiger partial charge in [-0.3, -0.25) is 5.84 Å². The quantitative estimate of drug-likeness (QED) is 0.619. The molecule has 1 aromatic carbocycles. The minimum Gasteiger partial charge on any atom is -0.271 e. The number of hydrazine groups is 1. The van der Waals surface area contributed by atoms with Gasteiger partial charge in [-0.15, -0.1) is 0 Å². The van der Waals surface area contributed by atoms with Crippen molar-refractivity contribution in [1.82, 2.24) is 15.4 Å². The van der Waals surface area contributed by atoms with E-state index in [1.807, 2.05) is 0 Å². The summed E-state index contributed by atoms with van der Waals surface area (Å²) < 4.78 is 0. The van der Waals surface area contributed by atoms with E-state index in [4.69, 9.17) is 5.84 Å². The maximum atomic E-state index is 5.65. The van der Waals surface area contributed by atoms with Crippen LogP contribution in [-0.4, -0.2) is 9.97 Å². The van der Waals surface area contributed by atoms with Crippen LogP contribution in [0.5, 0.6) is 0 Å². The normalized spacial score (nSPS) is 12.4. The number of benzene rings is 1. The van der Waals surface area contributed by atoms with Gasteiger partial charge in [0, 0.05) is 18.0 Å². The fourth-order valence-corrected chi connectivity index (χ4v) is 1.90. The van der Waals surface area contributed by atoms with Gasteiger partial charge in [0.15, 0.2) is 0 Å². The lowest BCUT2D eigenvalue weighted by molar-refractivity contribution is 0.628. The average molecular weight is 228 g/mol. The van der Waals surface area contributed by atoms with Crippen LogP contribution < -0.4 is 11.3 Å². The molecule has 0 aliphatic rings. The molecule has 0 aliphatic heterocycles. The van der Waals surface area contributed by atoms with Crippen molar-refractivity contribution in [3.8, 4) is 0 Å². The maximum absolute atomic E-state index is 5.65. The van der Waals surface area contributed by atoms with Crippen molar-refractivity contribution in [2.45, 2.75) is 19.9 Å². The van der Waals surface area contributed by atoms with Crippen LogP contribution in [0.2, 0.25) is 0 Å². The van der Waals surface area contributed by atoms with Gasteiger partial charge in [-0.05, 0) is 25.0 Å². The molecule has 3 N–H and O–H groups in total. The number of rotatable bonds is 3. The largest absolute Gasteiger partial charge is 0.271 e. The molecule has 0 saturated heterocycles. The van der Waals surface area contributed by atoms with Crippen LogP contribution in [0.1, 0.15) is 28.3 Å². The first-order valence-electron chi connectivity index (χ1n) is 5.50. The van der Waals surface area contributed by atoms with Crippen molar-refractivity contribution in [3.63, 3.8) is 0 Å². The minimum absolute atomic E-state index is 0.0731. The third kappa shape index (κ3) is 2.49. The fourth-order valence-electron chi connectivity index (χ4n) is 1.90. The summed E-state index contributed by atoms with van der Waals surface area (Å²) in [6, 6.07) is 6.25. The number of aromatic nitrogens is 2. The standard InChI is InChI=1S/C13H16N4/c1-9-3-4-10(2)12(5-9)13(17-14)11-6-15-8-16-7-11/h3-8,13,17H,14H2,1-2H3. The summed E-state index contributed by atoms with van der Waals surface area (Å²) in [5, 5.41) is 0. The summed E-state index contributed by atoms with van der Waals surface area (Å²) >= 11 is 0. The summed E-state index contributed by atoms with van der Waals surface area (Å²) in [5.74, 6) is 5.65. The zero-order chi connectivity index (χ0) is 12.3. The van der Waals surface area contributed by atoms with Gasteiger partial charge in [0.25, 0.3) is 0 Å². The highest BCUT2D eigenvalue weighted by Crippen LogP contribution is 2.24. The summed E-state index contributed by atoms with van der Waals surface area (Å²) in [4.78, 5) is 8.05. The second-order valence-electron chi connectivity index (χ2n) is 4.13. The molecule has 17 heavy (non-hydrogen) atoms. The molecule has 2 aromatic rings. The minimum atomic E-state index is -0.0731. The van der Waals surface area contributed by atoms with Crippen molar-refractivity contribution < 1.29 is 0 Å². The van der Waals surface area contributed by atoms with E-state index in [1.54, 1.807) is 12.4 Å². The molecule has 1 unspecified atom stereocenters. The van der Waals surface area contributed by atoms with Crippen molar-refractivity contribution in [1.29, 1.82) is 0 Å². The molecule has 0 bridgehead atoms. The molecule has 0 amide bonds. The molecule has 0 saturated carbocycles. The van der Waals surface area contributed by atoms with Crippen molar-refractivity contribution >= 4 is 0 Å². The number of hydrogen-bond acceptors (Lipinski definition) is 4. The summed E-state index contributed by atoms with van der Waals surface area (Å²) in [5.41, 5.74) is 7.35. The molecular weight excluding hydrogens is 212 g/mol. The van der Waals surface area contributed by atoms with Gasteiger partial charge >= 0.3 is 0 Å². The average Bonchev–Trinajstić information content (AvgIpc) is 2.36. The number of aryl methyl sites for hydroxylation is 2. The zero-order valence-corrected chi connectivity index (χ0v) is 10.0. The smallest absolute Gasteiger partial charge is 0.115 e. The van der Waals surface area contributed by atoms with E-state index < -0.39 is 0 Å². The van der Waals surface area contributed by atoms with E-state index >= 15 is 0 Å². The Morgan fingerprint density at radius 1 is 1.18 bits per heavy atom. The Labute approximate surface area is 101 Å². The third-order valence-electron chi connectivity index (χ3n) is 2.83. The lowest BCUT2D eigenvalue weighted by Gasteiger charge is -2.18. The number of nitrogens with one attached hydrogen (secondary N) is 1. The third-order valence-corrected chi connectivity index (χ3v) is 2.83.